The van der Waals surface area contributed by atoms with Crippen LogP contribution in [0.25, 0.3) is 0 Å². The highest BCUT2D eigenvalue weighted by atomic mass is 19.1. The molecule has 2 N–H and O–H groups in total. The molecule has 30 heavy (non-hydrogen) atoms. The molecule has 1 aliphatic heterocycles. The summed E-state index contributed by atoms with van der Waals surface area (Å²) in [7, 11) is 3.72. The molecule has 2 aromatic carbocycles. The number of carbonyl (C=O) groups excluding carboxylic acids is 2. The second kappa shape index (κ2) is 10.2. The lowest BCUT2D eigenvalue weighted by Gasteiger charge is -2.26. The summed E-state index contributed by atoms with van der Waals surface area (Å²) in [6.45, 7) is 4.45. The lowest BCUT2D eigenvalue weighted by molar-refractivity contribution is 0.0383. The minimum absolute atomic E-state index is 0.204. The fraction of sp³-hybridized carbons (Fsp3) is 0.364. The number of hydrogen-bond acceptors (Lipinski definition) is 5. The Balaban J connectivity index is 1.67. The third-order valence-corrected chi connectivity index (χ3v) is 4.90. The van der Waals surface area contributed by atoms with Gasteiger partial charge in [0.05, 0.1) is 18.8 Å². The van der Waals surface area contributed by atoms with Gasteiger partial charge in [-0.05, 0) is 42.5 Å². The molecule has 0 aliphatic carbocycles. The van der Waals surface area contributed by atoms with Gasteiger partial charge in [-0.25, -0.2) is 4.39 Å². The number of hydrogen-bond donors (Lipinski definition) is 2. The predicted octanol–water partition coefficient (Wildman–Crippen LogP) is 2.21. The molecule has 0 spiro atoms. The van der Waals surface area contributed by atoms with E-state index in [9.17, 15) is 14.0 Å². The van der Waals surface area contributed by atoms with Gasteiger partial charge in [-0.15, -0.1) is 0 Å². The van der Waals surface area contributed by atoms with Crippen LogP contribution in [0.5, 0.6) is 0 Å². The average molecular weight is 414 g/mol. The zero-order chi connectivity index (χ0) is 21.5. The maximum Gasteiger partial charge on any atom is 0.255 e. The highest BCUT2D eigenvalue weighted by Gasteiger charge is 2.16. The lowest BCUT2D eigenvalue weighted by atomic mass is 10.1. The van der Waals surface area contributed by atoms with Gasteiger partial charge in [0, 0.05) is 57.2 Å². The number of ether oxygens (including phenoxy) is 1. The summed E-state index contributed by atoms with van der Waals surface area (Å²) in [4.78, 5) is 29.3. The monoisotopic (exact) mass is 414 g/mol. The molecule has 160 valence electrons. The SMILES string of the molecule is CN(C)c1ccc(NC(=O)c2ccc(F)cc2)cc1C(=O)NCCN1CCOCC1. The van der Waals surface area contributed by atoms with E-state index >= 15 is 0 Å². The van der Waals surface area contributed by atoms with Crippen LogP contribution in [0.1, 0.15) is 20.7 Å². The Kier molecular flexibility index (Phi) is 7.37. The average Bonchev–Trinajstić information content (AvgIpc) is 2.74. The standard InChI is InChI=1S/C22H27FN4O3/c1-26(2)20-8-7-18(25-21(28)16-3-5-17(23)6-4-16)15-19(20)22(29)24-9-10-27-11-13-30-14-12-27/h3-8,15H,9-14H2,1-2H3,(H,24,29)(H,25,28). The second-order valence-electron chi connectivity index (χ2n) is 7.30. The van der Waals surface area contributed by atoms with Crippen LogP contribution >= 0.6 is 0 Å². The van der Waals surface area contributed by atoms with Crippen molar-refractivity contribution in [3.63, 3.8) is 0 Å². The molecular weight excluding hydrogens is 387 g/mol. The van der Waals surface area contributed by atoms with Gasteiger partial charge in [-0.1, -0.05) is 0 Å². The normalized spacial score (nSPS) is 14.2. The molecule has 8 heteroatoms. The van der Waals surface area contributed by atoms with E-state index in [1.54, 1.807) is 18.2 Å². The zero-order valence-electron chi connectivity index (χ0n) is 17.3. The third-order valence-electron chi connectivity index (χ3n) is 4.90. The number of nitrogens with zero attached hydrogens (tertiary/aromatic N) is 2. The van der Waals surface area contributed by atoms with Crippen LogP contribution in [-0.2, 0) is 4.74 Å². The van der Waals surface area contributed by atoms with E-state index in [1.807, 2.05) is 19.0 Å². The number of halogens is 1. The fourth-order valence-electron chi connectivity index (χ4n) is 3.24. The summed E-state index contributed by atoms with van der Waals surface area (Å²) in [6.07, 6.45) is 0. The van der Waals surface area contributed by atoms with Crippen molar-refractivity contribution >= 4 is 23.2 Å². The van der Waals surface area contributed by atoms with Gasteiger partial charge in [-0.3, -0.25) is 14.5 Å². The second-order valence-corrected chi connectivity index (χ2v) is 7.30. The van der Waals surface area contributed by atoms with E-state index in [2.05, 4.69) is 15.5 Å². The van der Waals surface area contributed by atoms with E-state index in [-0.39, 0.29) is 11.8 Å². The molecule has 7 nitrogen and oxygen atoms in total. The largest absolute Gasteiger partial charge is 0.379 e. The summed E-state index contributed by atoms with van der Waals surface area (Å²) in [5, 5.41) is 5.72. The summed E-state index contributed by atoms with van der Waals surface area (Å²) < 4.78 is 18.4. The molecule has 0 unspecified atom stereocenters. The number of benzene rings is 2. The Morgan fingerprint density at radius 2 is 1.77 bits per heavy atom. The minimum atomic E-state index is -0.405. The minimum Gasteiger partial charge on any atom is -0.379 e. The first-order valence-electron chi connectivity index (χ1n) is 9.90. The summed E-state index contributed by atoms with van der Waals surface area (Å²) in [6, 6.07) is 10.5. The summed E-state index contributed by atoms with van der Waals surface area (Å²) in [5.41, 5.74) is 2.05. The number of rotatable bonds is 7. The smallest absolute Gasteiger partial charge is 0.255 e. The molecule has 1 saturated heterocycles. The van der Waals surface area contributed by atoms with Crippen LogP contribution in [-0.4, -0.2) is 70.2 Å². The van der Waals surface area contributed by atoms with Gasteiger partial charge in [0.1, 0.15) is 5.82 Å². The van der Waals surface area contributed by atoms with E-state index in [0.29, 0.717) is 36.6 Å². The Bertz CT molecular complexity index is 880. The van der Waals surface area contributed by atoms with Crippen molar-refractivity contribution in [3.05, 3.63) is 59.4 Å². The maximum atomic E-state index is 13.1. The van der Waals surface area contributed by atoms with Crippen LogP contribution in [0.3, 0.4) is 0 Å². The van der Waals surface area contributed by atoms with E-state index < -0.39 is 5.82 Å². The van der Waals surface area contributed by atoms with E-state index in [4.69, 9.17) is 4.74 Å². The topological polar surface area (TPSA) is 73.9 Å². The molecule has 0 bridgehead atoms. The van der Waals surface area contributed by atoms with Crippen LogP contribution in [0.4, 0.5) is 15.8 Å². The Morgan fingerprint density at radius 1 is 1.07 bits per heavy atom. The number of carbonyl (C=O) groups is 2. The first-order chi connectivity index (χ1) is 14.4. The van der Waals surface area contributed by atoms with Gasteiger partial charge in [0.2, 0.25) is 0 Å². The zero-order valence-corrected chi connectivity index (χ0v) is 17.3. The molecule has 0 aromatic heterocycles. The summed E-state index contributed by atoms with van der Waals surface area (Å²) >= 11 is 0. The molecule has 2 amide bonds. The van der Waals surface area contributed by atoms with Gasteiger partial charge in [0.15, 0.2) is 0 Å². The van der Waals surface area contributed by atoms with Crippen molar-refractivity contribution < 1.29 is 18.7 Å². The highest BCUT2D eigenvalue weighted by molar-refractivity contribution is 6.06. The molecule has 3 rings (SSSR count). The van der Waals surface area contributed by atoms with Gasteiger partial charge >= 0.3 is 0 Å². The van der Waals surface area contributed by atoms with E-state index in [0.717, 1.165) is 25.3 Å². The summed E-state index contributed by atoms with van der Waals surface area (Å²) in [5.74, 6) is -0.978. The van der Waals surface area contributed by atoms with E-state index in [1.165, 1.54) is 24.3 Å². The number of nitrogens with one attached hydrogen (secondary N) is 2. The Hall–Kier alpha value is -2.97. The first-order valence-corrected chi connectivity index (χ1v) is 9.90. The fourth-order valence-corrected chi connectivity index (χ4v) is 3.24. The molecular formula is C22H27FN4O3. The van der Waals surface area contributed by atoms with Crippen LogP contribution < -0.4 is 15.5 Å². The number of amides is 2. The third kappa shape index (κ3) is 5.77. The van der Waals surface area contributed by atoms with Crippen LogP contribution in [0.15, 0.2) is 42.5 Å². The predicted molar refractivity (Wildman–Crippen MR) is 115 cm³/mol. The van der Waals surface area contributed by atoms with Crippen LogP contribution in [0, 0.1) is 5.82 Å². The van der Waals surface area contributed by atoms with Crippen molar-refractivity contribution in [1.29, 1.82) is 0 Å². The van der Waals surface area contributed by atoms with Crippen molar-refractivity contribution in [3.8, 4) is 0 Å². The number of anilines is 2. The number of morpholine rings is 1. The van der Waals surface area contributed by atoms with Crippen molar-refractivity contribution in [1.82, 2.24) is 10.2 Å². The molecule has 1 heterocycles. The molecule has 0 saturated carbocycles. The molecule has 0 radical (unpaired) electrons. The van der Waals surface area contributed by atoms with Crippen LogP contribution in [0.2, 0.25) is 0 Å². The first kappa shape index (κ1) is 21.7. The maximum absolute atomic E-state index is 13.1. The van der Waals surface area contributed by atoms with Crippen molar-refractivity contribution in [2.75, 3.05) is 63.7 Å². The quantitative estimate of drug-likeness (QED) is 0.727. The van der Waals surface area contributed by atoms with Crippen molar-refractivity contribution in [2.45, 2.75) is 0 Å². The lowest BCUT2D eigenvalue weighted by Crippen LogP contribution is -2.41. The van der Waals surface area contributed by atoms with Crippen molar-refractivity contribution in [2.24, 2.45) is 0 Å². The van der Waals surface area contributed by atoms with Gasteiger partial charge in [-0.2, -0.15) is 0 Å². The highest BCUT2D eigenvalue weighted by Crippen LogP contribution is 2.23. The van der Waals surface area contributed by atoms with Gasteiger partial charge in [0.25, 0.3) is 11.8 Å². The van der Waals surface area contributed by atoms with Gasteiger partial charge < -0.3 is 20.3 Å². The molecule has 1 fully saturated rings. The molecule has 1 aliphatic rings. The Morgan fingerprint density at radius 3 is 2.43 bits per heavy atom. The molecule has 2 aromatic rings. The Labute approximate surface area is 175 Å². The molecule has 0 atom stereocenters.